The Morgan fingerprint density at radius 3 is 1.41 bits per heavy atom. The minimum Gasteiger partial charge on any atom is -0.0683 e. The summed E-state index contributed by atoms with van der Waals surface area (Å²) in [7, 11) is 0. The van der Waals surface area contributed by atoms with Gasteiger partial charge in [0.05, 0.1) is 0 Å². The van der Waals surface area contributed by atoms with Crippen molar-refractivity contribution in [2.75, 3.05) is 0 Å². The summed E-state index contributed by atoms with van der Waals surface area (Å²) in [6.07, 6.45) is 2.74. The molecule has 0 aromatic heterocycles. The molecule has 0 nitrogen and oxygen atoms in total. The zero-order valence-corrected chi connectivity index (χ0v) is 14.5. The zero-order chi connectivity index (χ0) is 14.5. The average Bonchev–Trinajstić information content (AvgIpc) is 2.19. The normalized spacial score (nSPS) is 28.1. The fourth-order valence-electron chi connectivity index (χ4n) is 3.25. The molecule has 1 fully saturated rings. The summed E-state index contributed by atoms with van der Waals surface area (Å²) in [4.78, 5) is 0. The lowest BCUT2D eigenvalue weighted by molar-refractivity contribution is -0.0590. The van der Waals surface area contributed by atoms with Crippen LogP contribution >= 0.6 is 0 Å². The number of rotatable bonds is 0. The van der Waals surface area contributed by atoms with Crippen LogP contribution in [0.15, 0.2) is 0 Å². The molecule has 0 aromatic rings. The third-order valence-corrected chi connectivity index (χ3v) is 4.76. The summed E-state index contributed by atoms with van der Waals surface area (Å²) in [5.74, 6) is 0.839. The first-order valence-corrected chi connectivity index (χ1v) is 7.58. The van der Waals surface area contributed by atoms with Crippen molar-refractivity contribution in [3.05, 3.63) is 0 Å². The third kappa shape index (κ3) is 4.64. The molecular weight excluding hydrogens is 204 g/mol. The molecule has 0 aliphatic heterocycles. The Balaban J connectivity index is 0. The molecule has 1 aliphatic carbocycles. The Morgan fingerprint density at radius 1 is 0.765 bits per heavy atom. The molecule has 106 valence electrons. The van der Waals surface area contributed by atoms with Gasteiger partial charge in [-0.2, -0.15) is 0 Å². The van der Waals surface area contributed by atoms with Gasteiger partial charge in [-0.3, -0.25) is 0 Å². The maximum atomic E-state index is 2.44. The van der Waals surface area contributed by atoms with E-state index >= 15 is 0 Å². The van der Waals surface area contributed by atoms with Gasteiger partial charge in [0, 0.05) is 0 Å². The highest BCUT2D eigenvalue weighted by Crippen LogP contribution is 2.58. The summed E-state index contributed by atoms with van der Waals surface area (Å²) in [5.41, 5.74) is 1.51. The molecule has 17 heavy (non-hydrogen) atoms. The summed E-state index contributed by atoms with van der Waals surface area (Å²) >= 11 is 0. The molecule has 0 saturated heterocycles. The van der Waals surface area contributed by atoms with Crippen molar-refractivity contribution >= 4 is 0 Å². The van der Waals surface area contributed by atoms with E-state index in [9.17, 15) is 0 Å². The van der Waals surface area contributed by atoms with E-state index in [2.05, 4.69) is 48.5 Å². The van der Waals surface area contributed by atoms with Crippen LogP contribution in [-0.4, -0.2) is 0 Å². The van der Waals surface area contributed by atoms with Crippen LogP contribution < -0.4 is 0 Å². The standard InChI is InChI=1S/C13H26.2C2H6/c1-10-8-11(2,3)9-12(4,5)13(10,6)7;2*1-2/h10H,8-9H2,1-7H3;2*1-2H3. The molecule has 0 N–H and O–H groups in total. The number of hydrogen-bond acceptors (Lipinski definition) is 0. The fraction of sp³-hybridized carbons (Fsp3) is 1.00. The summed E-state index contributed by atoms with van der Waals surface area (Å²) < 4.78 is 0. The molecule has 1 unspecified atom stereocenters. The molecule has 0 amide bonds. The minimum absolute atomic E-state index is 0.480. The van der Waals surface area contributed by atoms with Gasteiger partial charge >= 0.3 is 0 Å². The largest absolute Gasteiger partial charge is 0.0683 e. The van der Waals surface area contributed by atoms with E-state index in [1.807, 2.05) is 27.7 Å². The highest BCUT2D eigenvalue weighted by molar-refractivity contribution is 4.98. The fourth-order valence-corrected chi connectivity index (χ4v) is 3.25. The van der Waals surface area contributed by atoms with Crippen molar-refractivity contribution in [3.8, 4) is 0 Å². The van der Waals surface area contributed by atoms with Gasteiger partial charge in [-0.25, -0.2) is 0 Å². The van der Waals surface area contributed by atoms with Crippen LogP contribution in [0.2, 0.25) is 0 Å². The van der Waals surface area contributed by atoms with Crippen LogP contribution in [0.3, 0.4) is 0 Å². The van der Waals surface area contributed by atoms with Gasteiger partial charge < -0.3 is 0 Å². The molecule has 1 atom stereocenters. The lowest BCUT2D eigenvalue weighted by atomic mass is 9.49. The van der Waals surface area contributed by atoms with Crippen LogP contribution in [0.5, 0.6) is 0 Å². The highest BCUT2D eigenvalue weighted by Gasteiger charge is 2.49. The van der Waals surface area contributed by atoms with E-state index < -0.39 is 0 Å². The van der Waals surface area contributed by atoms with Crippen LogP contribution in [0.1, 0.15) is 89.0 Å². The van der Waals surface area contributed by atoms with Crippen LogP contribution in [0.4, 0.5) is 0 Å². The predicted octanol–water partition coefficient (Wildman–Crippen LogP) is 6.55. The highest BCUT2D eigenvalue weighted by atomic mass is 14.5. The maximum absolute atomic E-state index is 2.44. The Kier molecular flexibility index (Phi) is 7.74. The van der Waals surface area contributed by atoms with Gasteiger partial charge in [0.25, 0.3) is 0 Å². The Morgan fingerprint density at radius 2 is 1.12 bits per heavy atom. The third-order valence-electron chi connectivity index (χ3n) is 4.76. The van der Waals surface area contributed by atoms with Crippen LogP contribution in [0.25, 0.3) is 0 Å². The molecule has 0 radical (unpaired) electrons. The van der Waals surface area contributed by atoms with E-state index in [0.29, 0.717) is 16.2 Å². The van der Waals surface area contributed by atoms with Gasteiger partial charge in [0.15, 0.2) is 0 Å². The first-order chi connectivity index (χ1) is 7.58. The second kappa shape index (κ2) is 6.81. The van der Waals surface area contributed by atoms with E-state index in [4.69, 9.17) is 0 Å². The van der Waals surface area contributed by atoms with Crippen LogP contribution in [-0.2, 0) is 0 Å². The van der Waals surface area contributed by atoms with Gasteiger partial charge in [0.2, 0.25) is 0 Å². The summed E-state index contributed by atoms with van der Waals surface area (Å²) in [6, 6.07) is 0. The summed E-state index contributed by atoms with van der Waals surface area (Å²) in [5, 5.41) is 0. The van der Waals surface area contributed by atoms with E-state index in [0.717, 1.165) is 5.92 Å². The molecule has 0 heteroatoms. The molecular formula is C17H38. The van der Waals surface area contributed by atoms with E-state index in [-0.39, 0.29) is 0 Å². The predicted molar refractivity (Wildman–Crippen MR) is 82.4 cm³/mol. The molecule has 1 saturated carbocycles. The van der Waals surface area contributed by atoms with Gasteiger partial charge in [0.1, 0.15) is 0 Å². The van der Waals surface area contributed by atoms with Crippen molar-refractivity contribution < 1.29 is 0 Å². The maximum Gasteiger partial charge on any atom is -0.0277 e. The number of hydrogen-bond donors (Lipinski definition) is 0. The molecule has 0 heterocycles. The Bertz CT molecular complexity index is 196. The Hall–Kier alpha value is 0. The monoisotopic (exact) mass is 242 g/mol. The summed E-state index contributed by atoms with van der Waals surface area (Å²) in [6.45, 7) is 25.0. The average molecular weight is 242 g/mol. The molecule has 0 spiro atoms. The van der Waals surface area contributed by atoms with Crippen molar-refractivity contribution in [1.29, 1.82) is 0 Å². The zero-order valence-electron chi connectivity index (χ0n) is 14.5. The lowest BCUT2D eigenvalue weighted by Crippen LogP contribution is -2.47. The minimum atomic E-state index is 0.480. The van der Waals surface area contributed by atoms with E-state index in [1.165, 1.54) is 12.8 Å². The van der Waals surface area contributed by atoms with Gasteiger partial charge in [-0.15, -0.1) is 0 Å². The lowest BCUT2D eigenvalue weighted by Gasteiger charge is -2.56. The topological polar surface area (TPSA) is 0 Å². The van der Waals surface area contributed by atoms with Crippen LogP contribution in [0, 0.1) is 22.2 Å². The van der Waals surface area contributed by atoms with E-state index in [1.54, 1.807) is 0 Å². The molecule has 0 bridgehead atoms. The van der Waals surface area contributed by atoms with Crippen molar-refractivity contribution in [2.24, 2.45) is 22.2 Å². The first-order valence-electron chi connectivity index (χ1n) is 7.58. The first kappa shape index (κ1) is 19.3. The van der Waals surface area contributed by atoms with Gasteiger partial charge in [-0.05, 0) is 35.0 Å². The second-order valence-corrected chi connectivity index (χ2v) is 7.05. The molecule has 1 aliphatic rings. The quantitative estimate of drug-likeness (QED) is 0.452. The van der Waals surface area contributed by atoms with Crippen molar-refractivity contribution in [2.45, 2.75) is 89.0 Å². The smallest absolute Gasteiger partial charge is 0.0277 e. The Labute approximate surface area is 112 Å². The van der Waals surface area contributed by atoms with Gasteiger partial charge in [-0.1, -0.05) is 76.2 Å². The molecule has 0 aromatic carbocycles. The second-order valence-electron chi connectivity index (χ2n) is 7.05. The van der Waals surface area contributed by atoms with Crippen molar-refractivity contribution in [1.82, 2.24) is 0 Å². The SMILES string of the molecule is CC.CC.CC1CC(C)(C)CC(C)(C)C1(C)C. The van der Waals surface area contributed by atoms with Crippen molar-refractivity contribution in [3.63, 3.8) is 0 Å². The molecule has 1 rings (SSSR count).